The van der Waals surface area contributed by atoms with Crippen molar-refractivity contribution in [3.05, 3.63) is 28.2 Å². The SMILES string of the molecule is COCC(Nc1ccc(C#N)cc1Br)C(C)C. The molecule has 0 radical (unpaired) electrons. The van der Waals surface area contributed by atoms with Gasteiger partial charge in [0.25, 0.3) is 0 Å². The van der Waals surface area contributed by atoms with Crippen molar-refractivity contribution >= 4 is 21.6 Å². The smallest absolute Gasteiger partial charge is 0.0992 e. The summed E-state index contributed by atoms with van der Waals surface area (Å²) in [5.41, 5.74) is 1.63. The summed E-state index contributed by atoms with van der Waals surface area (Å²) in [5, 5.41) is 12.2. The van der Waals surface area contributed by atoms with E-state index < -0.39 is 0 Å². The summed E-state index contributed by atoms with van der Waals surface area (Å²) in [5.74, 6) is 0.470. The van der Waals surface area contributed by atoms with Gasteiger partial charge < -0.3 is 10.1 Å². The third-order valence-electron chi connectivity index (χ3n) is 2.59. The zero-order valence-electron chi connectivity index (χ0n) is 10.3. The number of hydrogen-bond donors (Lipinski definition) is 1. The maximum absolute atomic E-state index is 8.80. The summed E-state index contributed by atoms with van der Waals surface area (Å²) in [4.78, 5) is 0. The average Bonchev–Trinajstić information content (AvgIpc) is 2.30. The molecule has 0 aliphatic carbocycles. The van der Waals surface area contributed by atoms with Gasteiger partial charge in [-0.05, 0) is 40.0 Å². The monoisotopic (exact) mass is 296 g/mol. The van der Waals surface area contributed by atoms with Gasteiger partial charge in [-0.2, -0.15) is 5.26 Å². The number of methoxy groups -OCH3 is 1. The molecule has 0 amide bonds. The second-order valence-electron chi connectivity index (χ2n) is 4.26. The molecule has 1 aromatic carbocycles. The van der Waals surface area contributed by atoms with E-state index in [2.05, 4.69) is 41.2 Å². The van der Waals surface area contributed by atoms with Crippen LogP contribution in [0.1, 0.15) is 19.4 Å². The number of rotatable bonds is 5. The van der Waals surface area contributed by atoms with Crippen molar-refractivity contribution in [2.45, 2.75) is 19.9 Å². The topological polar surface area (TPSA) is 45.0 Å². The minimum Gasteiger partial charge on any atom is -0.383 e. The predicted molar refractivity (Wildman–Crippen MR) is 73.0 cm³/mol. The lowest BCUT2D eigenvalue weighted by Gasteiger charge is -2.23. The number of ether oxygens (including phenoxy) is 1. The van der Waals surface area contributed by atoms with E-state index in [1.165, 1.54) is 0 Å². The molecule has 1 unspecified atom stereocenters. The van der Waals surface area contributed by atoms with Gasteiger partial charge in [-0.3, -0.25) is 0 Å². The van der Waals surface area contributed by atoms with Crippen LogP contribution in [-0.4, -0.2) is 19.8 Å². The van der Waals surface area contributed by atoms with Crippen molar-refractivity contribution in [1.82, 2.24) is 0 Å². The molecule has 1 atom stereocenters. The van der Waals surface area contributed by atoms with Crippen LogP contribution in [0, 0.1) is 17.2 Å². The highest BCUT2D eigenvalue weighted by atomic mass is 79.9. The first-order valence-corrected chi connectivity index (χ1v) is 6.33. The molecule has 0 fully saturated rings. The van der Waals surface area contributed by atoms with Crippen molar-refractivity contribution in [2.24, 2.45) is 5.92 Å². The fourth-order valence-electron chi connectivity index (χ4n) is 1.48. The van der Waals surface area contributed by atoms with Gasteiger partial charge in [0.15, 0.2) is 0 Å². The van der Waals surface area contributed by atoms with E-state index in [-0.39, 0.29) is 6.04 Å². The summed E-state index contributed by atoms with van der Waals surface area (Å²) >= 11 is 3.46. The molecule has 0 aromatic heterocycles. The Morgan fingerprint density at radius 2 is 2.18 bits per heavy atom. The Labute approximate surface area is 111 Å². The lowest BCUT2D eigenvalue weighted by molar-refractivity contribution is 0.171. The van der Waals surface area contributed by atoms with Gasteiger partial charge in [-0.15, -0.1) is 0 Å². The molecule has 1 aromatic rings. The van der Waals surface area contributed by atoms with Crippen molar-refractivity contribution in [3.63, 3.8) is 0 Å². The zero-order valence-corrected chi connectivity index (χ0v) is 11.9. The average molecular weight is 297 g/mol. The first kappa shape index (κ1) is 14.0. The lowest BCUT2D eigenvalue weighted by atomic mass is 10.0. The highest BCUT2D eigenvalue weighted by Gasteiger charge is 2.14. The molecule has 0 aliphatic heterocycles. The van der Waals surface area contributed by atoms with Crippen LogP contribution in [-0.2, 0) is 4.74 Å². The second-order valence-corrected chi connectivity index (χ2v) is 5.11. The number of hydrogen-bond acceptors (Lipinski definition) is 3. The molecule has 1 rings (SSSR count). The number of nitrogens with one attached hydrogen (secondary N) is 1. The van der Waals surface area contributed by atoms with E-state index in [1.54, 1.807) is 13.2 Å². The zero-order chi connectivity index (χ0) is 12.8. The number of nitriles is 1. The molecule has 0 saturated heterocycles. The van der Waals surface area contributed by atoms with Crippen LogP contribution in [0.25, 0.3) is 0 Å². The Kier molecular flexibility index (Phi) is 5.46. The summed E-state index contributed by atoms with van der Waals surface area (Å²) in [6.45, 7) is 4.95. The van der Waals surface area contributed by atoms with Crippen molar-refractivity contribution < 1.29 is 4.74 Å². The minimum absolute atomic E-state index is 0.254. The molecular formula is C13H17BrN2O. The van der Waals surface area contributed by atoms with Gasteiger partial charge in [0.1, 0.15) is 0 Å². The Morgan fingerprint density at radius 3 is 2.65 bits per heavy atom. The lowest BCUT2D eigenvalue weighted by Crippen LogP contribution is -2.30. The Balaban J connectivity index is 2.83. The van der Waals surface area contributed by atoms with Crippen molar-refractivity contribution in [2.75, 3.05) is 19.0 Å². The second kappa shape index (κ2) is 6.63. The number of nitrogens with zero attached hydrogens (tertiary/aromatic N) is 1. The quantitative estimate of drug-likeness (QED) is 0.906. The van der Waals surface area contributed by atoms with E-state index in [0.717, 1.165) is 10.2 Å². The number of benzene rings is 1. The van der Waals surface area contributed by atoms with E-state index in [1.807, 2.05) is 12.1 Å². The first-order valence-electron chi connectivity index (χ1n) is 5.53. The van der Waals surface area contributed by atoms with Gasteiger partial charge in [0.05, 0.1) is 24.3 Å². The van der Waals surface area contributed by atoms with Gasteiger partial charge in [0, 0.05) is 17.3 Å². The first-order chi connectivity index (χ1) is 8.08. The van der Waals surface area contributed by atoms with Crippen LogP contribution in [0.4, 0.5) is 5.69 Å². The third-order valence-corrected chi connectivity index (χ3v) is 3.25. The van der Waals surface area contributed by atoms with E-state index in [0.29, 0.717) is 18.1 Å². The summed E-state index contributed by atoms with van der Waals surface area (Å²) in [7, 11) is 1.70. The van der Waals surface area contributed by atoms with Gasteiger partial charge in [-0.25, -0.2) is 0 Å². The molecule has 92 valence electrons. The maximum atomic E-state index is 8.80. The Hall–Kier alpha value is -1.05. The summed E-state index contributed by atoms with van der Waals surface area (Å²) in [6.07, 6.45) is 0. The third kappa shape index (κ3) is 4.03. The fourth-order valence-corrected chi connectivity index (χ4v) is 1.98. The largest absolute Gasteiger partial charge is 0.383 e. The van der Waals surface area contributed by atoms with Crippen LogP contribution >= 0.6 is 15.9 Å². The molecule has 0 bridgehead atoms. The molecule has 0 aliphatic rings. The van der Waals surface area contributed by atoms with Crippen molar-refractivity contribution in [1.29, 1.82) is 5.26 Å². The minimum atomic E-state index is 0.254. The maximum Gasteiger partial charge on any atom is 0.0992 e. The molecule has 1 N–H and O–H groups in total. The molecular weight excluding hydrogens is 280 g/mol. The van der Waals surface area contributed by atoms with Gasteiger partial charge >= 0.3 is 0 Å². The predicted octanol–water partition coefficient (Wildman–Crippen LogP) is 3.40. The Bertz CT molecular complexity index is 412. The number of anilines is 1. The standard InChI is InChI=1S/C13H17BrN2O/c1-9(2)13(8-17-3)16-12-5-4-10(7-15)6-11(12)14/h4-6,9,13,16H,8H2,1-3H3. The van der Waals surface area contributed by atoms with Crippen LogP contribution in [0.3, 0.4) is 0 Å². The fraction of sp³-hybridized carbons (Fsp3) is 0.462. The summed E-state index contributed by atoms with van der Waals surface area (Å²) < 4.78 is 6.09. The van der Waals surface area contributed by atoms with Crippen molar-refractivity contribution in [3.8, 4) is 6.07 Å². The molecule has 17 heavy (non-hydrogen) atoms. The molecule has 0 heterocycles. The van der Waals surface area contributed by atoms with Crippen LogP contribution in [0.15, 0.2) is 22.7 Å². The van der Waals surface area contributed by atoms with E-state index in [4.69, 9.17) is 10.00 Å². The van der Waals surface area contributed by atoms with Gasteiger partial charge in [-0.1, -0.05) is 13.8 Å². The summed E-state index contributed by atoms with van der Waals surface area (Å²) in [6, 6.07) is 7.89. The highest BCUT2D eigenvalue weighted by Crippen LogP contribution is 2.25. The molecule has 4 heteroatoms. The van der Waals surface area contributed by atoms with E-state index >= 15 is 0 Å². The van der Waals surface area contributed by atoms with E-state index in [9.17, 15) is 0 Å². The van der Waals surface area contributed by atoms with Gasteiger partial charge in [0.2, 0.25) is 0 Å². The molecule has 3 nitrogen and oxygen atoms in total. The molecule has 0 saturated carbocycles. The van der Waals surface area contributed by atoms with Crippen LogP contribution in [0.5, 0.6) is 0 Å². The molecule has 0 spiro atoms. The normalized spacial score (nSPS) is 12.2. The van der Waals surface area contributed by atoms with Crippen LogP contribution in [0.2, 0.25) is 0 Å². The number of halogens is 1. The highest BCUT2D eigenvalue weighted by molar-refractivity contribution is 9.10. The Morgan fingerprint density at radius 1 is 1.47 bits per heavy atom. The van der Waals surface area contributed by atoms with Crippen LogP contribution < -0.4 is 5.32 Å².